The summed E-state index contributed by atoms with van der Waals surface area (Å²) in [7, 11) is 0. The molecule has 0 aliphatic heterocycles. The zero-order valence-corrected chi connectivity index (χ0v) is 13.6. The van der Waals surface area contributed by atoms with Gasteiger partial charge in [-0.05, 0) is 41.2 Å². The molecule has 0 radical (unpaired) electrons. The Kier molecular flexibility index (Phi) is 4.96. The van der Waals surface area contributed by atoms with Crippen molar-refractivity contribution >= 4 is 10.8 Å². The Morgan fingerprint density at radius 3 is 2.67 bits per heavy atom. The van der Waals surface area contributed by atoms with Crippen molar-refractivity contribution in [1.29, 1.82) is 0 Å². The van der Waals surface area contributed by atoms with Gasteiger partial charge in [-0.3, -0.25) is 16.3 Å². The summed E-state index contributed by atoms with van der Waals surface area (Å²) < 4.78 is 0. The Morgan fingerprint density at radius 1 is 1.24 bits per heavy atom. The summed E-state index contributed by atoms with van der Waals surface area (Å²) in [6.07, 6.45) is 5.98. The molecule has 2 unspecified atom stereocenters. The number of hydrogen-bond acceptors (Lipinski definition) is 3. The van der Waals surface area contributed by atoms with E-state index in [2.05, 4.69) is 56.3 Å². The minimum atomic E-state index is 0.162. The minimum absolute atomic E-state index is 0.162. The second-order valence-corrected chi connectivity index (χ2v) is 7.27. The standard InChI is InChI=1S/C18H27N3/c1-13(11-18(2,3)4)10-17(21-19)15-7-5-6-14-8-9-20-12-16(14)15/h5-9,12-13,17,21H,10-11,19H2,1-4H3. The number of fused-ring (bicyclic) bond motifs is 1. The molecule has 3 nitrogen and oxygen atoms in total. The smallest absolute Gasteiger partial charge is 0.0469 e. The summed E-state index contributed by atoms with van der Waals surface area (Å²) >= 11 is 0. The Labute approximate surface area is 127 Å². The van der Waals surface area contributed by atoms with Gasteiger partial charge in [-0.25, -0.2) is 0 Å². The van der Waals surface area contributed by atoms with Crippen molar-refractivity contribution in [2.45, 2.75) is 46.6 Å². The molecule has 2 rings (SSSR count). The van der Waals surface area contributed by atoms with Crippen molar-refractivity contribution in [3.8, 4) is 0 Å². The summed E-state index contributed by atoms with van der Waals surface area (Å²) in [4.78, 5) is 4.26. The topological polar surface area (TPSA) is 50.9 Å². The fourth-order valence-electron chi connectivity index (χ4n) is 3.26. The molecule has 114 valence electrons. The lowest BCUT2D eigenvalue weighted by atomic mass is 9.82. The zero-order chi connectivity index (χ0) is 15.5. The first kappa shape index (κ1) is 15.9. The first-order valence-electron chi connectivity index (χ1n) is 7.69. The fourth-order valence-corrected chi connectivity index (χ4v) is 3.26. The van der Waals surface area contributed by atoms with E-state index in [4.69, 9.17) is 5.84 Å². The van der Waals surface area contributed by atoms with Crippen molar-refractivity contribution in [1.82, 2.24) is 10.4 Å². The van der Waals surface area contributed by atoms with E-state index in [1.54, 1.807) is 0 Å². The van der Waals surface area contributed by atoms with Crippen LogP contribution < -0.4 is 11.3 Å². The van der Waals surface area contributed by atoms with Crippen LogP contribution in [0.1, 0.15) is 52.1 Å². The van der Waals surface area contributed by atoms with Gasteiger partial charge in [-0.15, -0.1) is 0 Å². The van der Waals surface area contributed by atoms with Gasteiger partial charge in [0.1, 0.15) is 0 Å². The molecule has 0 saturated carbocycles. The van der Waals surface area contributed by atoms with Crippen molar-refractivity contribution in [3.05, 3.63) is 42.2 Å². The van der Waals surface area contributed by atoms with Crippen LogP contribution in [0.25, 0.3) is 10.8 Å². The molecule has 0 fully saturated rings. The minimum Gasteiger partial charge on any atom is -0.271 e. The van der Waals surface area contributed by atoms with Crippen molar-refractivity contribution in [2.24, 2.45) is 17.2 Å². The number of nitrogens with one attached hydrogen (secondary N) is 1. The highest BCUT2D eigenvalue weighted by Crippen LogP contribution is 2.32. The second kappa shape index (κ2) is 6.54. The highest BCUT2D eigenvalue weighted by Gasteiger charge is 2.20. The fraction of sp³-hybridized carbons (Fsp3) is 0.500. The van der Waals surface area contributed by atoms with E-state index < -0.39 is 0 Å². The third-order valence-electron chi connectivity index (χ3n) is 3.89. The molecular weight excluding hydrogens is 258 g/mol. The molecule has 0 aliphatic rings. The maximum atomic E-state index is 5.84. The number of pyridine rings is 1. The molecule has 21 heavy (non-hydrogen) atoms. The second-order valence-electron chi connectivity index (χ2n) is 7.27. The lowest BCUT2D eigenvalue weighted by Crippen LogP contribution is -2.30. The van der Waals surface area contributed by atoms with E-state index in [9.17, 15) is 0 Å². The third kappa shape index (κ3) is 4.26. The van der Waals surface area contributed by atoms with Gasteiger partial charge in [0.25, 0.3) is 0 Å². The SMILES string of the molecule is CC(CC(NN)c1cccc2ccncc12)CC(C)(C)C. The van der Waals surface area contributed by atoms with E-state index in [1.165, 1.54) is 22.8 Å². The van der Waals surface area contributed by atoms with E-state index in [-0.39, 0.29) is 6.04 Å². The number of rotatable bonds is 5. The van der Waals surface area contributed by atoms with E-state index in [0.29, 0.717) is 11.3 Å². The Balaban J connectivity index is 2.24. The van der Waals surface area contributed by atoms with Crippen LogP contribution in [0.15, 0.2) is 36.7 Å². The lowest BCUT2D eigenvalue weighted by molar-refractivity contribution is 0.276. The maximum absolute atomic E-state index is 5.84. The molecule has 1 aromatic heterocycles. The van der Waals surface area contributed by atoms with Crippen LogP contribution in [0.4, 0.5) is 0 Å². The number of benzene rings is 1. The molecule has 0 saturated heterocycles. The summed E-state index contributed by atoms with van der Waals surface area (Å²) in [5.41, 5.74) is 4.59. The van der Waals surface area contributed by atoms with Gasteiger partial charge < -0.3 is 0 Å². The Bertz CT molecular complexity index is 581. The van der Waals surface area contributed by atoms with Crippen LogP contribution in [-0.2, 0) is 0 Å². The number of hydrogen-bond donors (Lipinski definition) is 2. The molecule has 0 aliphatic carbocycles. The molecule has 3 N–H and O–H groups in total. The number of hydrazine groups is 1. The van der Waals surface area contributed by atoms with Crippen LogP contribution in [-0.4, -0.2) is 4.98 Å². The Morgan fingerprint density at radius 2 is 2.00 bits per heavy atom. The summed E-state index contributed by atoms with van der Waals surface area (Å²) in [5, 5.41) is 2.40. The molecule has 0 bridgehead atoms. The summed E-state index contributed by atoms with van der Waals surface area (Å²) in [6, 6.07) is 8.57. The van der Waals surface area contributed by atoms with Gasteiger partial charge >= 0.3 is 0 Å². The average molecular weight is 285 g/mol. The predicted octanol–water partition coefficient (Wildman–Crippen LogP) is 4.20. The van der Waals surface area contributed by atoms with Gasteiger partial charge in [-0.1, -0.05) is 45.9 Å². The van der Waals surface area contributed by atoms with Crippen LogP contribution in [0.2, 0.25) is 0 Å². The summed E-state index contributed by atoms with van der Waals surface area (Å²) in [6.45, 7) is 9.17. The van der Waals surface area contributed by atoms with Gasteiger partial charge in [0.2, 0.25) is 0 Å². The first-order chi connectivity index (χ1) is 9.90. The molecule has 1 aromatic carbocycles. The first-order valence-corrected chi connectivity index (χ1v) is 7.69. The molecule has 0 spiro atoms. The lowest BCUT2D eigenvalue weighted by Gasteiger charge is -2.27. The number of nitrogens with two attached hydrogens (primary N) is 1. The normalized spacial score (nSPS) is 15.1. The predicted molar refractivity (Wildman–Crippen MR) is 89.7 cm³/mol. The maximum Gasteiger partial charge on any atom is 0.0469 e. The van der Waals surface area contributed by atoms with E-state index >= 15 is 0 Å². The van der Waals surface area contributed by atoms with E-state index in [0.717, 1.165) is 6.42 Å². The molecule has 2 atom stereocenters. The molecule has 2 aromatic rings. The van der Waals surface area contributed by atoms with Crippen LogP contribution in [0.5, 0.6) is 0 Å². The van der Waals surface area contributed by atoms with Gasteiger partial charge in [0.05, 0.1) is 0 Å². The highest BCUT2D eigenvalue weighted by molar-refractivity contribution is 5.85. The quantitative estimate of drug-likeness (QED) is 0.639. The largest absolute Gasteiger partial charge is 0.271 e. The monoisotopic (exact) mass is 285 g/mol. The van der Waals surface area contributed by atoms with Gasteiger partial charge in [-0.2, -0.15) is 0 Å². The van der Waals surface area contributed by atoms with Crippen LogP contribution in [0.3, 0.4) is 0 Å². The van der Waals surface area contributed by atoms with Gasteiger partial charge in [0, 0.05) is 23.8 Å². The third-order valence-corrected chi connectivity index (χ3v) is 3.89. The van der Waals surface area contributed by atoms with Crippen molar-refractivity contribution in [2.75, 3.05) is 0 Å². The molecule has 3 heteroatoms. The number of aromatic nitrogens is 1. The molecule has 0 amide bonds. The van der Waals surface area contributed by atoms with Gasteiger partial charge in [0.15, 0.2) is 0 Å². The van der Waals surface area contributed by atoms with Crippen LogP contribution >= 0.6 is 0 Å². The van der Waals surface area contributed by atoms with Crippen molar-refractivity contribution in [3.63, 3.8) is 0 Å². The van der Waals surface area contributed by atoms with E-state index in [1.807, 2.05) is 18.5 Å². The average Bonchev–Trinajstić information content (AvgIpc) is 2.42. The number of nitrogens with zero attached hydrogens (tertiary/aromatic N) is 1. The zero-order valence-electron chi connectivity index (χ0n) is 13.6. The Hall–Kier alpha value is -1.45. The molecular formula is C18H27N3. The summed E-state index contributed by atoms with van der Waals surface area (Å²) in [5.74, 6) is 6.45. The van der Waals surface area contributed by atoms with Crippen molar-refractivity contribution < 1.29 is 0 Å². The van der Waals surface area contributed by atoms with Crippen LogP contribution in [0, 0.1) is 11.3 Å². The highest BCUT2D eigenvalue weighted by atomic mass is 15.2. The molecule has 1 heterocycles.